The first-order valence-electron chi connectivity index (χ1n) is 9.70. The maximum Gasteiger partial charge on any atom is 0.255 e. The molecular weight excluding hydrogens is 419 g/mol. The zero-order chi connectivity index (χ0) is 22.0. The Hall–Kier alpha value is -3.23. The second kappa shape index (κ2) is 8.49. The van der Waals surface area contributed by atoms with E-state index in [0.29, 0.717) is 17.9 Å². The minimum Gasteiger partial charge on any atom is -0.497 e. The molecule has 1 aliphatic rings. The zero-order valence-corrected chi connectivity index (χ0v) is 17.7. The van der Waals surface area contributed by atoms with Crippen LogP contribution in [0.3, 0.4) is 0 Å². The molecule has 0 spiro atoms. The maximum absolute atomic E-state index is 14.5. The van der Waals surface area contributed by atoms with Gasteiger partial charge in [0.25, 0.3) is 5.91 Å². The van der Waals surface area contributed by atoms with E-state index in [1.807, 2.05) is 24.3 Å². The van der Waals surface area contributed by atoms with Gasteiger partial charge in [-0.05, 0) is 60.0 Å². The SMILES string of the molecule is COc1ccc(NC(=O)c2ccc(F)c(S(=O)(=O)N3CCc4ccccc4C3)c2)cc1. The fourth-order valence-electron chi connectivity index (χ4n) is 3.53. The van der Waals surface area contributed by atoms with Gasteiger partial charge in [-0.25, -0.2) is 12.8 Å². The second-order valence-electron chi connectivity index (χ2n) is 7.19. The van der Waals surface area contributed by atoms with Gasteiger partial charge in [-0.1, -0.05) is 24.3 Å². The number of amides is 1. The average molecular weight is 440 g/mol. The number of fused-ring (bicyclic) bond motifs is 1. The van der Waals surface area contributed by atoms with Gasteiger partial charge in [-0.3, -0.25) is 4.79 Å². The highest BCUT2D eigenvalue weighted by atomic mass is 32.2. The molecule has 6 nitrogen and oxygen atoms in total. The van der Waals surface area contributed by atoms with Gasteiger partial charge >= 0.3 is 0 Å². The minimum atomic E-state index is -4.11. The smallest absolute Gasteiger partial charge is 0.255 e. The number of rotatable bonds is 5. The highest BCUT2D eigenvalue weighted by molar-refractivity contribution is 7.89. The third kappa shape index (κ3) is 4.30. The summed E-state index contributed by atoms with van der Waals surface area (Å²) in [7, 11) is -2.57. The summed E-state index contributed by atoms with van der Waals surface area (Å²) in [6.07, 6.45) is 0.550. The van der Waals surface area contributed by atoms with Gasteiger partial charge in [0.1, 0.15) is 16.5 Å². The molecule has 1 heterocycles. The van der Waals surface area contributed by atoms with E-state index in [1.165, 1.54) is 17.5 Å². The predicted octanol–water partition coefficient (Wildman–Crippen LogP) is 3.83. The largest absolute Gasteiger partial charge is 0.497 e. The Labute approximate surface area is 180 Å². The molecule has 0 aromatic heterocycles. The second-order valence-corrected chi connectivity index (χ2v) is 9.09. The first kappa shape index (κ1) is 21.0. The number of nitrogens with zero attached hydrogens (tertiary/aromatic N) is 1. The third-order valence-corrected chi connectivity index (χ3v) is 7.11. The van der Waals surface area contributed by atoms with Crippen molar-refractivity contribution in [1.82, 2.24) is 4.31 Å². The first-order chi connectivity index (χ1) is 14.9. The lowest BCUT2D eigenvalue weighted by Gasteiger charge is -2.28. The number of carbonyl (C=O) groups is 1. The third-order valence-electron chi connectivity index (χ3n) is 5.25. The predicted molar refractivity (Wildman–Crippen MR) is 115 cm³/mol. The summed E-state index contributed by atoms with van der Waals surface area (Å²) in [5.74, 6) is -0.790. The Balaban J connectivity index is 1.59. The molecule has 3 aromatic rings. The molecule has 0 saturated heterocycles. The topological polar surface area (TPSA) is 75.7 Å². The zero-order valence-electron chi connectivity index (χ0n) is 16.8. The number of hydrogen-bond donors (Lipinski definition) is 1. The van der Waals surface area contributed by atoms with Gasteiger partial charge in [0.05, 0.1) is 7.11 Å². The molecule has 31 heavy (non-hydrogen) atoms. The first-order valence-corrected chi connectivity index (χ1v) is 11.1. The van der Waals surface area contributed by atoms with E-state index >= 15 is 0 Å². The van der Waals surface area contributed by atoms with E-state index in [9.17, 15) is 17.6 Å². The molecule has 1 N–H and O–H groups in total. The molecule has 8 heteroatoms. The van der Waals surface area contributed by atoms with Crippen LogP contribution in [0.1, 0.15) is 21.5 Å². The summed E-state index contributed by atoms with van der Waals surface area (Å²) in [4.78, 5) is 12.1. The number of hydrogen-bond acceptors (Lipinski definition) is 4. The molecule has 0 radical (unpaired) electrons. The van der Waals surface area contributed by atoms with Crippen LogP contribution in [-0.4, -0.2) is 32.3 Å². The van der Waals surface area contributed by atoms with E-state index in [1.54, 1.807) is 24.3 Å². The maximum atomic E-state index is 14.5. The Morgan fingerprint density at radius 2 is 1.74 bits per heavy atom. The van der Waals surface area contributed by atoms with Crippen LogP contribution in [0.4, 0.5) is 10.1 Å². The molecule has 1 aliphatic heterocycles. The minimum absolute atomic E-state index is 0.0493. The van der Waals surface area contributed by atoms with Gasteiger partial charge in [0.15, 0.2) is 0 Å². The highest BCUT2D eigenvalue weighted by Crippen LogP contribution is 2.27. The van der Waals surface area contributed by atoms with Gasteiger partial charge in [0, 0.05) is 24.3 Å². The fraction of sp³-hybridized carbons (Fsp3) is 0.174. The van der Waals surface area contributed by atoms with Crippen LogP contribution in [-0.2, 0) is 23.0 Å². The van der Waals surface area contributed by atoms with E-state index < -0.39 is 26.6 Å². The molecule has 0 aliphatic carbocycles. The lowest BCUT2D eigenvalue weighted by atomic mass is 10.0. The van der Waals surface area contributed by atoms with E-state index in [0.717, 1.165) is 23.3 Å². The summed E-state index contributed by atoms with van der Waals surface area (Å²) >= 11 is 0. The number of ether oxygens (including phenoxy) is 1. The van der Waals surface area contributed by atoms with Crippen molar-refractivity contribution in [2.75, 3.05) is 19.0 Å². The number of anilines is 1. The molecule has 0 atom stereocenters. The fourth-order valence-corrected chi connectivity index (χ4v) is 5.04. The van der Waals surface area contributed by atoms with E-state index in [2.05, 4.69) is 5.32 Å². The number of methoxy groups -OCH3 is 1. The molecule has 4 rings (SSSR count). The van der Waals surface area contributed by atoms with Crippen LogP contribution in [0.5, 0.6) is 5.75 Å². The Kier molecular flexibility index (Phi) is 5.75. The summed E-state index contributed by atoms with van der Waals surface area (Å²) in [5, 5.41) is 2.67. The van der Waals surface area contributed by atoms with Crippen LogP contribution in [0.15, 0.2) is 71.6 Å². The quantitative estimate of drug-likeness (QED) is 0.654. The average Bonchev–Trinajstić information content (AvgIpc) is 2.79. The van der Waals surface area contributed by atoms with Crippen molar-refractivity contribution in [1.29, 1.82) is 0 Å². The Morgan fingerprint density at radius 3 is 2.45 bits per heavy atom. The molecule has 0 fully saturated rings. The summed E-state index contributed by atoms with van der Waals surface area (Å²) < 4.78 is 47.2. The number of halogens is 1. The Morgan fingerprint density at radius 1 is 1.03 bits per heavy atom. The number of nitrogens with one attached hydrogen (secondary N) is 1. The van der Waals surface area contributed by atoms with Crippen molar-refractivity contribution >= 4 is 21.6 Å². The van der Waals surface area contributed by atoms with Gasteiger partial charge in [0.2, 0.25) is 10.0 Å². The molecule has 0 unspecified atom stereocenters. The van der Waals surface area contributed by atoms with Crippen LogP contribution in [0, 0.1) is 5.82 Å². The van der Waals surface area contributed by atoms with Crippen LogP contribution >= 0.6 is 0 Å². The molecule has 0 bridgehead atoms. The number of benzene rings is 3. The lowest BCUT2D eigenvalue weighted by molar-refractivity contribution is 0.102. The monoisotopic (exact) mass is 440 g/mol. The Bertz CT molecular complexity index is 1230. The molecule has 0 saturated carbocycles. The summed E-state index contributed by atoms with van der Waals surface area (Å²) in [5.41, 5.74) is 2.54. The van der Waals surface area contributed by atoms with Crippen molar-refractivity contribution in [3.63, 3.8) is 0 Å². The van der Waals surface area contributed by atoms with Crippen molar-refractivity contribution in [3.8, 4) is 5.75 Å². The van der Waals surface area contributed by atoms with Crippen molar-refractivity contribution in [2.24, 2.45) is 0 Å². The highest BCUT2D eigenvalue weighted by Gasteiger charge is 2.31. The van der Waals surface area contributed by atoms with Gasteiger partial charge in [-0.15, -0.1) is 0 Å². The molecule has 3 aromatic carbocycles. The van der Waals surface area contributed by atoms with E-state index in [4.69, 9.17) is 4.74 Å². The van der Waals surface area contributed by atoms with Crippen molar-refractivity contribution in [2.45, 2.75) is 17.9 Å². The normalized spacial score (nSPS) is 14.0. The van der Waals surface area contributed by atoms with Gasteiger partial charge in [-0.2, -0.15) is 4.31 Å². The summed E-state index contributed by atoms with van der Waals surface area (Å²) in [6, 6.07) is 17.6. The van der Waals surface area contributed by atoms with Crippen LogP contribution in [0.25, 0.3) is 0 Å². The number of sulfonamides is 1. The van der Waals surface area contributed by atoms with Crippen molar-refractivity contribution in [3.05, 3.63) is 89.2 Å². The van der Waals surface area contributed by atoms with Crippen molar-refractivity contribution < 1.29 is 22.3 Å². The van der Waals surface area contributed by atoms with Gasteiger partial charge < -0.3 is 10.1 Å². The lowest BCUT2D eigenvalue weighted by Crippen LogP contribution is -2.36. The summed E-state index contributed by atoms with van der Waals surface area (Å²) in [6.45, 7) is 0.418. The standard InChI is InChI=1S/C23H21FN2O4S/c1-30-20-9-7-19(8-10-20)25-23(27)17-6-11-21(24)22(14-17)31(28,29)26-13-12-16-4-2-3-5-18(16)15-26/h2-11,14H,12-13,15H2,1H3,(H,25,27). The molecular formula is C23H21FN2O4S. The number of carbonyl (C=O) groups excluding carboxylic acids is 1. The van der Waals surface area contributed by atoms with Crippen LogP contribution < -0.4 is 10.1 Å². The van der Waals surface area contributed by atoms with Crippen LogP contribution in [0.2, 0.25) is 0 Å². The van der Waals surface area contributed by atoms with E-state index in [-0.39, 0.29) is 18.7 Å². The molecule has 1 amide bonds. The molecule has 160 valence electrons.